The minimum Gasteiger partial charge on any atom is -0.452 e. The van der Waals surface area contributed by atoms with E-state index in [-0.39, 0.29) is 17.0 Å². The normalized spacial score (nSPS) is 18.9. The highest BCUT2D eigenvalue weighted by Crippen LogP contribution is 2.21. The molecular formula is C15H17ClN2O3. The number of ether oxygens (including phenoxy) is 1. The second-order valence-corrected chi connectivity index (χ2v) is 5.25. The van der Waals surface area contributed by atoms with Crippen molar-refractivity contribution in [3.8, 4) is 0 Å². The summed E-state index contributed by atoms with van der Waals surface area (Å²) in [5.41, 5.74) is 0.396. The molecule has 1 amide bonds. The number of nitrogens with zero attached hydrogens (tertiary/aromatic N) is 1. The zero-order chi connectivity index (χ0) is 15.2. The molecule has 1 aromatic heterocycles. The summed E-state index contributed by atoms with van der Waals surface area (Å²) in [7, 11) is 0. The van der Waals surface area contributed by atoms with Crippen LogP contribution in [0.2, 0.25) is 5.15 Å². The van der Waals surface area contributed by atoms with Crippen LogP contribution in [0.25, 0.3) is 0 Å². The summed E-state index contributed by atoms with van der Waals surface area (Å²) in [6.07, 6.45) is 6.96. The van der Waals surface area contributed by atoms with E-state index in [1.165, 1.54) is 13.1 Å². The molecule has 0 bridgehead atoms. The monoisotopic (exact) mass is 308 g/mol. The van der Waals surface area contributed by atoms with Crippen molar-refractivity contribution in [3.63, 3.8) is 0 Å². The first-order valence-corrected chi connectivity index (χ1v) is 7.22. The van der Waals surface area contributed by atoms with Crippen molar-refractivity contribution in [2.75, 3.05) is 5.32 Å². The number of esters is 1. The lowest BCUT2D eigenvalue weighted by Gasteiger charge is -2.19. The third-order valence-corrected chi connectivity index (χ3v) is 3.58. The van der Waals surface area contributed by atoms with Gasteiger partial charge in [-0.2, -0.15) is 0 Å². The van der Waals surface area contributed by atoms with E-state index >= 15 is 0 Å². The molecule has 1 aliphatic carbocycles. The SMILES string of the molecule is C[C@@H](OC(=O)[C@@H]1CC=CCC1)C(=O)Nc1cccnc1Cl. The summed E-state index contributed by atoms with van der Waals surface area (Å²) >= 11 is 5.86. The smallest absolute Gasteiger partial charge is 0.310 e. The average Bonchev–Trinajstić information content (AvgIpc) is 2.50. The largest absolute Gasteiger partial charge is 0.452 e. The Hall–Kier alpha value is -1.88. The number of allylic oxidation sites excluding steroid dienone is 2. The van der Waals surface area contributed by atoms with Gasteiger partial charge in [-0.1, -0.05) is 23.8 Å². The van der Waals surface area contributed by atoms with E-state index < -0.39 is 12.0 Å². The molecule has 1 heterocycles. The molecule has 0 spiro atoms. The number of amides is 1. The molecule has 0 aromatic carbocycles. The molecule has 0 unspecified atom stereocenters. The maximum atomic E-state index is 12.0. The second kappa shape index (κ2) is 7.22. The van der Waals surface area contributed by atoms with E-state index in [1.807, 2.05) is 12.2 Å². The van der Waals surface area contributed by atoms with Crippen molar-refractivity contribution in [2.24, 2.45) is 5.92 Å². The Morgan fingerprint density at radius 3 is 2.95 bits per heavy atom. The van der Waals surface area contributed by atoms with Crippen LogP contribution in [0.4, 0.5) is 5.69 Å². The average molecular weight is 309 g/mol. The Morgan fingerprint density at radius 1 is 1.48 bits per heavy atom. The van der Waals surface area contributed by atoms with Gasteiger partial charge in [-0.15, -0.1) is 0 Å². The molecule has 6 heteroatoms. The van der Waals surface area contributed by atoms with E-state index in [9.17, 15) is 9.59 Å². The van der Waals surface area contributed by atoms with Gasteiger partial charge in [0.1, 0.15) is 0 Å². The third kappa shape index (κ3) is 4.29. The number of hydrogen-bond donors (Lipinski definition) is 1. The van der Waals surface area contributed by atoms with E-state index in [4.69, 9.17) is 16.3 Å². The summed E-state index contributed by atoms with van der Waals surface area (Å²) < 4.78 is 5.22. The van der Waals surface area contributed by atoms with E-state index in [0.29, 0.717) is 12.1 Å². The Balaban J connectivity index is 1.89. The minimum absolute atomic E-state index is 0.160. The van der Waals surface area contributed by atoms with E-state index in [2.05, 4.69) is 10.3 Å². The fraction of sp³-hybridized carbons (Fsp3) is 0.400. The van der Waals surface area contributed by atoms with Crippen molar-refractivity contribution in [3.05, 3.63) is 35.6 Å². The molecule has 1 N–H and O–H groups in total. The first-order chi connectivity index (χ1) is 10.1. The lowest BCUT2D eigenvalue weighted by Crippen LogP contribution is -2.32. The van der Waals surface area contributed by atoms with E-state index in [1.54, 1.807) is 12.1 Å². The molecule has 0 radical (unpaired) electrons. The predicted octanol–water partition coefficient (Wildman–Crippen LogP) is 2.96. The van der Waals surface area contributed by atoms with Crippen LogP contribution >= 0.6 is 11.6 Å². The summed E-state index contributed by atoms with van der Waals surface area (Å²) in [5.74, 6) is -0.920. The highest BCUT2D eigenvalue weighted by atomic mass is 35.5. The van der Waals surface area contributed by atoms with Crippen LogP contribution < -0.4 is 5.32 Å². The highest BCUT2D eigenvalue weighted by Gasteiger charge is 2.25. The number of nitrogens with one attached hydrogen (secondary N) is 1. The van der Waals surface area contributed by atoms with Crippen LogP contribution in [0.5, 0.6) is 0 Å². The summed E-state index contributed by atoms with van der Waals surface area (Å²) in [6.45, 7) is 1.54. The van der Waals surface area contributed by atoms with Crippen LogP contribution in [0.1, 0.15) is 26.2 Å². The molecular weight excluding hydrogens is 292 g/mol. The van der Waals surface area contributed by atoms with Crippen molar-refractivity contribution in [1.82, 2.24) is 4.98 Å². The van der Waals surface area contributed by atoms with Gasteiger partial charge >= 0.3 is 5.97 Å². The fourth-order valence-corrected chi connectivity index (χ4v) is 2.21. The van der Waals surface area contributed by atoms with Gasteiger partial charge in [0, 0.05) is 6.20 Å². The maximum Gasteiger partial charge on any atom is 0.310 e. The van der Waals surface area contributed by atoms with Gasteiger partial charge < -0.3 is 10.1 Å². The molecule has 1 aliphatic rings. The minimum atomic E-state index is -0.875. The maximum absolute atomic E-state index is 12.0. The third-order valence-electron chi connectivity index (χ3n) is 3.28. The van der Waals surface area contributed by atoms with Crippen LogP contribution in [-0.4, -0.2) is 23.0 Å². The molecule has 2 atom stereocenters. The molecule has 112 valence electrons. The Labute approximate surface area is 128 Å². The predicted molar refractivity (Wildman–Crippen MR) is 79.9 cm³/mol. The van der Waals surface area contributed by atoms with Gasteiger partial charge in [0.25, 0.3) is 5.91 Å². The zero-order valence-corrected chi connectivity index (χ0v) is 12.5. The summed E-state index contributed by atoms with van der Waals surface area (Å²) in [6, 6.07) is 3.29. The molecule has 0 aliphatic heterocycles. The fourth-order valence-electron chi connectivity index (χ4n) is 2.05. The van der Waals surface area contributed by atoms with Gasteiger partial charge in [0.15, 0.2) is 11.3 Å². The first-order valence-electron chi connectivity index (χ1n) is 6.85. The first kappa shape index (κ1) is 15.5. The summed E-state index contributed by atoms with van der Waals surface area (Å²) in [4.78, 5) is 27.8. The van der Waals surface area contributed by atoms with Crippen LogP contribution in [0.3, 0.4) is 0 Å². The van der Waals surface area contributed by atoms with Crippen molar-refractivity contribution in [2.45, 2.75) is 32.3 Å². The lowest BCUT2D eigenvalue weighted by molar-refractivity contribution is -0.157. The van der Waals surface area contributed by atoms with E-state index in [0.717, 1.165) is 12.8 Å². The van der Waals surface area contributed by atoms with Crippen LogP contribution in [-0.2, 0) is 14.3 Å². The highest BCUT2D eigenvalue weighted by molar-refractivity contribution is 6.32. The number of anilines is 1. The Morgan fingerprint density at radius 2 is 2.29 bits per heavy atom. The quantitative estimate of drug-likeness (QED) is 0.527. The van der Waals surface area contributed by atoms with Crippen molar-refractivity contribution < 1.29 is 14.3 Å². The topological polar surface area (TPSA) is 68.3 Å². The van der Waals surface area contributed by atoms with Crippen molar-refractivity contribution in [1.29, 1.82) is 0 Å². The van der Waals surface area contributed by atoms with Gasteiger partial charge in [-0.05, 0) is 38.3 Å². The Bertz CT molecular complexity index is 560. The standard InChI is InChI=1S/C15H17ClN2O3/c1-10(21-15(20)11-6-3-2-4-7-11)14(19)18-12-8-5-9-17-13(12)16/h2-3,5,8-11H,4,6-7H2,1H3,(H,18,19)/t10-,11-/m1/s1. The number of carbonyl (C=O) groups is 2. The number of rotatable bonds is 4. The molecule has 1 aromatic rings. The molecule has 0 fully saturated rings. The van der Waals surface area contributed by atoms with Crippen molar-refractivity contribution >= 4 is 29.2 Å². The summed E-state index contributed by atoms with van der Waals surface area (Å²) in [5, 5.41) is 2.79. The molecule has 5 nitrogen and oxygen atoms in total. The Kier molecular flexibility index (Phi) is 5.33. The number of halogens is 1. The molecule has 0 saturated carbocycles. The number of pyridine rings is 1. The van der Waals surface area contributed by atoms with Crippen LogP contribution in [0, 0.1) is 5.92 Å². The lowest BCUT2D eigenvalue weighted by atomic mass is 9.95. The molecule has 21 heavy (non-hydrogen) atoms. The molecule has 0 saturated heterocycles. The van der Waals surface area contributed by atoms with Gasteiger partial charge in [0.2, 0.25) is 0 Å². The van der Waals surface area contributed by atoms with Gasteiger partial charge in [-0.3, -0.25) is 9.59 Å². The van der Waals surface area contributed by atoms with Gasteiger partial charge in [0.05, 0.1) is 11.6 Å². The zero-order valence-electron chi connectivity index (χ0n) is 11.7. The van der Waals surface area contributed by atoms with Crippen LogP contribution in [0.15, 0.2) is 30.5 Å². The number of carbonyl (C=O) groups excluding carboxylic acids is 2. The molecule has 2 rings (SSSR count). The number of aromatic nitrogens is 1. The number of hydrogen-bond acceptors (Lipinski definition) is 4. The second-order valence-electron chi connectivity index (χ2n) is 4.89. The van der Waals surface area contributed by atoms with Gasteiger partial charge in [-0.25, -0.2) is 4.98 Å².